The van der Waals surface area contributed by atoms with Crippen molar-refractivity contribution in [2.75, 3.05) is 11.9 Å². The fourth-order valence-corrected chi connectivity index (χ4v) is 1.21. The van der Waals surface area contributed by atoms with Crippen LogP contribution in [0.1, 0.15) is 12.8 Å². The van der Waals surface area contributed by atoms with E-state index in [-0.39, 0.29) is 11.7 Å². The van der Waals surface area contributed by atoms with Crippen LogP contribution in [0.5, 0.6) is 5.75 Å². The van der Waals surface area contributed by atoms with E-state index in [4.69, 9.17) is 5.73 Å². The van der Waals surface area contributed by atoms with Crippen LogP contribution in [-0.2, 0) is 4.79 Å². The summed E-state index contributed by atoms with van der Waals surface area (Å²) in [6, 6.07) is 5.73. The minimum atomic E-state index is -2.85. The molecule has 0 unspecified atom stereocenters. The van der Waals surface area contributed by atoms with Gasteiger partial charge < -0.3 is 15.8 Å². The Balaban J connectivity index is 2.47. The number of carbonyl (C=O) groups excluding carboxylic acids is 1. The highest BCUT2D eigenvalue weighted by atomic mass is 19.3. The summed E-state index contributed by atoms with van der Waals surface area (Å²) in [5.74, 6) is -0.0991. The lowest BCUT2D eigenvalue weighted by Gasteiger charge is -2.07. The number of ether oxygens (including phenoxy) is 1. The van der Waals surface area contributed by atoms with E-state index in [0.29, 0.717) is 25.1 Å². The molecule has 17 heavy (non-hydrogen) atoms. The van der Waals surface area contributed by atoms with Crippen molar-refractivity contribution < 1.29 is 18.3 Å². The molecule has 1 aromatic rings. The third-order valence-corrected chi connectivity index (χ3v) is 1.97. The lowest BCUT2D eigenvalue weighted by atomic mass is 10.2. The molecule has 0 saturated carbocycles. The molecule has 0 bridgehead atoms. The largest absolute Gasteiger partial charge is 0.435 e. The number of benzene rings is 1. The third-order valence-electron chi connectivity index (χ3n) is 1.97. The fourth-order valence-electron chi connectivity index (χ4n) is 1.21. The monoisotopic (exact) mass is 244 g/mol. The molecule has 94 valence electrons. The van der Waals surface area contributed by atoms with Gasteiger partial charge in [-0.05, 0) is 37.2 Å². The van der Waals surface area contributed by atoms with Gasteiger partial charge in [0.15, 0.2) is 0 Å². The lowest BCUT2D eigenvalue weighted by Crippen LogP contribution is -2.13. The zero-order chi connectivity index (χ0) is 12.7. The number of alkyl halides is 2. The summed E-state index contributed by atoms with van der Waals surface area (Å²) in [4.78, 5) is 11.3. The van der Waals surface area contributed by atoms with E-state index in [1.165, 1.54) is 24.3 Å². The molecule has 0 spiro atoms. The molecule has 0 aliphatic rings. The second-order valence-electron chi connectivity index (χ2n) is 3.34. The normalized spacial score (nSPS) is 10.4. The molecule has 0 aromatic heterocycles. The Kier molecular flexibility index (Phi) is 5.35. The number of anilines is 1. The first kappa shape index (κ1) is 13.4. The molecule has 0 saturated heterocycles. The lowest BCUT2D eigenvalue weighted by molar-refractivity contribution is -0.116. The molecule has 3 N–H and O–H groups in total. The molecular weight excluding hydrogens is 230 g/mol. The van der Waals surface area contributed by atoms with E-state index in [9.17, 15) is 13.6 Å². The van der Waals surface area contributed by atoms with Crippen molar-refractivity contribution in [2.45, 2.75) is 19.5 Å². The Morgan fingerprint density at radius 1 is 1.35 bits per heavy atom. The molecule has 0 heterocycles. The zero-order valence-electron chi connectivity index (χ0n) is 9.16. The summed E-state index contributed by atoms with van der Waals surface area (Å²) in [6.45, 7) is -2.39. The van der Waals surface area contributed by atoms with Crippen LogP contribution in [0.4, 0.5) is 14.5 Å². The average molecular weight is 244 g/mol. The molecule has 1 aromatic carbocycles. The Morgan fingerprint density at radius 2 is 2.00 bits per heavy atom. The molecule has 1 rings (SSSR count). The molecule has 0 aliphatic heterocycles. The predicted octanol–water partition coefficient (Wildman–Crippen LogP) is 1.97. The van der Waals surface area contributed by atoms with E-state index in [2.05, 4.69) is 10.1 Å². The molecule has 0 radical (unpaired) electrons. The van der Waals surface area contributed by atoms with Crippen molar-refractivity contribution in [2.24, 2.45) is 5.73 Å². The van der Waals surface area contributed by atoms with Crippen LogP contribution in [0.2, 0.25) is 0 Å². The van der Waals surface area contributed by atoms with Crippen molar-refractivity contribution in [3.8, 4) is 5.75 Å². The third kappa shape index (κ3) is 5.26. The molecule has 1 amide bonds. The van der Waals surface area contributed by atoms with Gasteiger partial charge in [0.05, 0.1) is 0 Å². The zero-order valence-corrected chi connectivity index (χ0v) is 9.16. The number of nitrogens with two attached hydrogens (primary N) is 1. The van der Waals surface area contributed by atoms with Gasteiger partial charge >= 0.3 is 6.61 Å². The quantitative estimate of drug-likeness (QED) is 0.804. The van der Waals surface area contributed by atoms with Gasteiger partial charge in [0.2, 0.25) is 5.91 Å². The minimum Gasteiger partial charge on any atom is -0.435 e. The smallest absolute Gasteiger partial charge is 0.387 e. The highest BCUT2D eigenvalue weighted by Crippen LogP contribution is 2.17. The first-order valence-corrected chi connectivity index (χ1v) is 5.16. The summed E-state index contributed by atoms with van der Waals surface area (Å²) in [6.07, 6.45) is 0.949. The number of carbonyl (C=O) groups is 1. The van der Waals surface area contributed by atoms with E-state index in [1.807, 2.05) is 0 Å². The van der Waals surface area contributed by atoms with E-state index in [1.54, 1.807) is 0 Å². The number of nitrogens with one attached hydrogen (secondary N) is 1. The van der Waals surface area contributed by atoms with Crippen LogP contribution in [-0.4, -0.2) is 19.1 Å². The highest BCUT2D eigenvalue weighted by molar-refractivity contribution is 5.90. The van der Waals surface area contributed by atoms with Gasteiger partial charge in [-0.1, -0.05) is 0 Å². The number of amides is 1. The first-order valence-electron chi connectivity index (χ1n) is 5.16. The maximum absolute atomic E-state index is 11.9. The minimum absolute atomic E-state index is 0.0555. The van der Waals surface area contributed by atoms with Gasteiger partial charge in [-0.15, -0.1) is 0 Å². The van der Waals surface area contributed by atoms with Crippen molar-refractivity contribution in [1.82, 2.24) is 0 Å². The first-order chi connectivity index (χ1) is 8.11. The van der Waals surface area contributed by atoms with Crippen LogP contribution < -0.4 is 15.8 Å². The van der Waals surface area contributed by atoms with Crippen molar-refractivity contribution in [3.63, 3.8) is 0 Å². The highest BCUT2D eigenvalue weighted by Gasteiger charge is 2.05. The Bertz CT molecular complexity index is 355. The molecule has 0 aliphatic carbocycles. The number of hydrogen-bond acceptors (Lipinski definition) is 3. The Hall–Kier alpha value is -1.69. The Labute approximate surface area is 97.8 Å². The van der Waals surface area contributed by atoms with Gasteiger partial charge in [0.25, 0.3) is 0 Å². The van der Waals surface area contributed by atoms with Gasteiger partial charge in [-0.3, -0.25) is 4.79 Å². The summed E-state index contributed by atoms with van der Waals surface area (Å²) in [5, 5.41) is 2.62. The number of hydrogen-bond donors (Lipinski definition) is 2. The van der Waals surface area contributed by atoms with Crippen LogP contribution in [0, 0.1) is 0 Å². The summed E-state index contributed by atoms with van der Waals surface area (Å²) in [5.41, 5.74) is 5.80. The molecule has 4 nitrogen and oxygen atoms in total. The molecule has 0 atom stereocenters. The van der Waals surface area contributed by atoms with E-state index >= 15 is 0 Å². The van der Waals surface area contributed by atoms with Crippen LogP contribution in [0.25, 0.3) is 0 Å². The van der Waals surface area contributed by atoms with Gasteiger partial charge in [0.1, 0.15) is 5.75 Å². The van der Waals surface area contributed by atoms with Crippen LogP contribution >= 0.6 is 0 Å². The standard InChI is InChI=1S/C11H14F2N2O2/c12-11(13)17-9-5-3-8(4-6-9)15-10(16)2-1-7-14/h3-6,11H,1-2,7,14H2,(H,15,16). The maximum atomic E-state index is 11.9. The average Bonchev–Trinajstić information content (AvgIpc) is 2.28. The molecule has 6 heteroatoms. The summed E-state index contributed by atoms with van der Waals surface area (Å²) in [7, 11) is 0. The van der Waals surface area contributed by atoms with Crippen molar-refractivity contribution in [1.29, 1.82) is 0 Å². The predicted molar refractivity (Wildman–Crippen MR) is 60.0 cm³/mol. The maximum Gasteiger partial charge on any atom is 0.387 e. The van der Waals surface area contributed by atoms with Gasteiger partial charge in [-0.25, -0.2) is 0 Å². The number of halogens is 2. The topological polar surface area (TPSA) is 64.4 Å². The molecular formula is C11H14F2N2O2. The van der Waals surface area contributed by atoms with Crippen molar-refractivity contribution >= 4 is 11.6 Å². The second kappa shape index (κ2) is 6.80. The van der Waals surface area contributed by atoms with Gasteiger partial charge in [-0.2, -0.15) is 8.78 Å². The summed E-state index contributed by atoms with van der Waals surface area (Å²) < 4.78 is 27.9. The van der Waals surface area contributed by atoms with Crippen molar-refractivity contribution in [3.05, 3.63) is 24.3 Å². The number of rotatable bonds is 6. The van der Waals surface area contributed by atoms with E-state index in [0.717, 1.165) is 0 Å². The van der Waals surface area contributed by atoms with Gasteiger partial charge in [0, 0.05) is 12.1 Å². The Morgan fingerprint density at radius 3 is 2.53 bits per heavy atom. The van der Waals surface area contributed by atoms with Crippen LogP contribution in [0.15, 0.2) is 24.3 Å². The fraction of sp³-hybridized carbons (Fsp3) is 0.364. The summed E-state index contributed by atoms with van der Waals surface area (Å²) >= 11 is 0. The SMILES string of the molecule is NCCCC(=O)Nc1ccc(OC(F)F)cc1. The van der Waals surface area contributed by atoms with Crippen LogP contribution in [0.3, 0.4) is 0 Å². The second-order valence-corrected chi connectivity index (χ2v) is 3.34. The molecule has 0 fully saturated rings. The van der Waals surface area contributed by atoms with E-state index < -0.39 is 6.61 Å².